The second kappa shape index (κ2) is 10.7. The summed E-state index contributed by atoms with van der Waals surface area (Å²) in [6.45, 7) is -2.38. The van der Waals surface area contributed by atoms with Crippen molar-refractivity contribution in [3.8, 4) is 17.2 Å². The molecule has 0 saturated carbocycles. The van der Waals surface area contributed by atoms with E-state index in [1.807, 2.05) is 35.0 Å². The topological polar surface area (TPSA) is 74.1 Å². The number of pyridine rings is 1. The van der Waals surface area contributed by atoms with Gasteiger partial charge in [-0.25, -0.2) is 4.98 Å². The maximum atomic E-state index is 12.8. The average molecular weight is 467 g/mol. The Bertz CT molecular complexity index is 1240. The summed E-state index contributed by atoms with van der Waals surface area (Å²) in [6.07, 6.45) is 4.26. The summed E-state index contributed by atoms with van der Waals surface area (Å²) in [7, 11) is 1.38. The molecule has 2 aromatic heterocycles. The summed E-state index contributed by atoms with van der Waals surface area (Å²) >= 11 is 0. The minimum Gasteiger partial charge on any atom is -0.493 e. The number of alkyl halides is 2. The normalized spacial score (nSPS) is 10.9. The number of imidazole rings is 1. The van der Waals surface area contributed by atoms with E-state index in [4.69, 9.17) is 9.47 Å². The van der Waals surface area contributed by atoms with Crippen molar-refractivity contribution in [3.05, 3.63) is 89.9 Å². The van der Waals surface area contributed by atoms with Crippen LogP contribution in [0.15, 0.2) is 73.1 Å². The fourth-order valence-corrected chi connectivity index (χ4v) is 3.46. The molecule has 0 aliphatic heterocycles. The molecule has 2 aromatic carbocycles. The van der Waals surface area contributed by atoms with Gasteiger partial charge in [0.25, 0.3) is 5.91 Å². The van der Waals surface area contributed by atoms with E-state index in [-0.39, 0.29) is 24.0 Å². The van der Waals surface area contributed by atoms with Gasteiger partial charge >= 0.3 is 6.61 Å². The van der Waals surface area contributed by atoms with E-state index in [1.54, 1.807) is 36.4 Å². The van der Waals surface area contributed by atoms with Crippen molar-refractivity contribution in [3.63, 3.8) is 0 Å². The van der Waals surface area contributed by atoms with E-state index in [1.165, 1.54) is 13.2 Å². The van der Waals surface area contributed by atoms with Gasteiger partial charge < -0.3 is 23.9 Å². The Balaban J connectivity index is 1.35. The summed E-state index contributed by atoms with van der Waals surface area (Å²) in [5.41, 5.74) is 2.77. The number of ether oxygens (including phenoxy) is 3. The molecule has 4 rings (SSSR count). The van der Waals surface area contributed by atoms with Crippen molar-refractivity contribution >= 4 is 11.6 Å². The number of hydrogen-bond donors (Lipinski definition) is 1. The van der Waals surface area contributed by atoms with E-state index in [2.05, 4.69) is 15.0 Å². The molecule has 0 radical (unpaired) electrons. The van der Waals surface area contributed by atoms with Crippen LogP contribution in [0.25, 0.3) is 5.65 Å². The first kappa shape index (κ1) is 23.0. The summed E-state index contributed by atoms with van der Waals surface area (Å²) in [4.78, 5) is 17.3. The minimum atomic E-state index is -2.94. The standard InChI is InChI=1S/C25H23F2N3O4/c1-32-22-14-17(9-10-21(22)34-25(26)27)11-12-28-24(31)19-6-2-3-7-20(19)33-16-18-15-30-13-5-4-8-23(30)29-18/h2-10,13-15,25H,11-12,16H2,1H3,(H,28,31). The lowest BCUT2D eigenvalue weighted by atomic mass is 10.1. The van der Waals surface area contributed by atoms with Gasteiger partial charge in [0.15, 0.2) is 11.5 Å². The lowest BCUT2D eigenvalue weighted by Crippen LogP contribution is -2.26. The molecule has 0 bridgehead atoms. The predicted octanol–water partition coefficient (Wildman–Crippen LogP) is 4.50. The Morgan fingerprint density at radius 2 is 1.88 bits per heavy atom. The van der Waals surface area contributed by atoms with Crippen LogP contribution in [-0.4, -0.2) is 35.6 Å². The average Bonchev–Trinajstić information content (AvgIpc) is 3.26. The Morgan fingerprint density at radius 3 is 2.68 bits per heavy atom. The number of carbonyl (C=O) groups excluding carboxylic acids is 1. The van der Waals surface area contributed by atoms with Gasteiger partial charge in [-0.3, -0.25) is 4.79 Å². The van der Waals surface area contributed by atoms with Crippen molar-refractivity contribution in [1.82, 2.24) is 14.7 Å². The molecular formula is C25H23F2N3O4. The maximum absolute atomic E-state index is 12.8. The monoisotopic (exact) mass is 467 g/mol. The third-order valence-electron chi connectivity index (χ3n) is 5.06. The van der Waals surface area contributed by atoms with Gasteiger partial charge in [0, 0.05) is 18.9 Å². The highest BCUT2D eigenvalue weighted by molar-refractivity contribution is 5.96. The number of rotatable bonds is 10. The molecule has 0 saturated heterocycles. The smallest absolute Gasteiger partial charge is 0.387 e. The molecule has 34 heavy (non-hydrogen) atoms. The van der Waals surface area contributed by atoms with Crippen LogP contribution in [0.4, 0.5) is 8.78 Å². The SMILES string of the molecule is COc1cc(CCNC(=O)c2ccccc2OCc2cn3ccccc3n2)ccc1OC(F)F. The van der Waals surface area contributed by atoms with Crippen LogP contribution in [0.2, 0.25) is 0 Å². The largest absolute Gasteiger partial charge is 0.493 e. The molecule has 0 fully saturated rings. The van der Waals surface area contributed by atoms with E-state index < -0.39 is 6.61 Å². The Hall–Kier alpha value is -4.14. The first-order chi connectivity index (χ1) is 16.5. The first-order valence-corrected chi connectivity index (χ1v) is 10.6. The van der Waals surface area contributed by atoms with Crippen LogP contribution in [0.3, 0.4) is 0 Å². The number of halogens is 2. The zero-order valence-corrected chi connectivity index (χ0v) is 18.4. The molecule has 2 heterocycles. The second-order valence-electron chi connectivity index (χ2n) is 7.35. The number of fused-ring (bicyclic) bond motifs is 1. The van der Waals surface area contributed by atoms with Crippen LogP contribution < -0.4 is 19.5 Å². The molecule has 0 aliphatic carbocycles. The van der Waals surface area contributed by atoms with Crippen molar-refractivity contribution < 1.29 is 27.8 Å². The first-order valence-electron chi connectivity index (χ1n) is 10.6. The van der Waals surface area contributed by atoms with Gasteiger partial charge in [-0.05, 0) is 48.4 Å². The van der Waals surface area contributed by atoms with Crippen LogP contribution in [0.5, 0.6) is 17.2 Å². The number of nitrogens with one attached hydrogen (secondary N) is 1. The fraction of sp³-hybridized carbons (Fsp3) is 0.200. The van der Waals surface area contributed by atoms with Crippen LogP contribution in [0, 0.1) is 0 Å². The van der Waals surface area contributed by atoms with E-state index in [0.29, 0.717) is 24.3 Å². The van der Waals surface area contributed by atoms with Gasteiger partial charge in [-0.1, -0.05) is 24.3 Å². The van der Waals surface area contributed by atoms with Crippen LogP contribution in [0.1, 0.15) is 21.6 Å². The van der Waals surface area contributed by atoms with Gasteiger partial charge in [0.05, 0.1) is 18.4 Å². The van der Waals surface area contributed by atoms with Crippen molar-refractivity contribution in [2.24, 2.45) is 0 Å². The molecule has 9 heteroatoms. The lowest BCUT2D eigenvalue weighted by molar-refractivity contribution is -0.0512. The van der Waals surface area contributed by atoms with Gasteiger partial charge in [0.1, 0.15) is 18.0 Å². The van der Waals surface area contributed by atoms with E-state index in [9.17, 15) is 13.6 Å². The highest BCUT2D eigenvalue weighted by Crippen LogP contribution is 2.29. The van der Waals surface area contributed by atoms with Gasteiger partial charge in [-0.15, -0.1) is 0 Å². The zero-order valence-electron chi connectivity index (χ0n) is 18.4. The van der Waals surface area contributed by atoms with Gasteiger partial charge in [0.2, 0.25) is 0 Å². The number of hydrogen-bond acceptors (Lipinski definition) is 5. The quantitative estimate of drug-likeness (QED) is 0.372. The number of carbonyl (C=O) groups is 1. The summed E-state index contributed by atoms with van der Waals surface area (Å²) < 4.78 is 42.3. The number of aromatic nitrogens is 2. The van der Waals surface area contributed by atoms with Gasteiger partial charge in [-0.2, -0.15) is 8.78 Å². The van der Waals surface area contributed by atoms with Crippen molar-refractivity contribution in [1.29, 1.82) is 0 Å². The lowest BCUT2D eigenvalue weighted by Gasteiger charge is -2.13. The third kappa shape index (κ3) is 5.61. The Labute approximate surface area is 194 Å². The summed E-state index contributed by atoms with van der Waals surface area (Å²) in [5.74, 6) is 0.333. The summed E-state index contributed by atoms with van der Waals surface area (Å²) in [6, 6.07) is 17.4. The van der Waals surface area contributed by atoms with E-state index >= 15 is 0 Å². The number of benzene rings is 2. The van der Waals surface area contributed by atoms with Crippen LogP contribution in [-0.2, 0) is 13.0 Å². The number of methoxy groups -OCH3 is 1. The highest BCUT2D eigenvalue weighted by atomic mass is 19.3. The minimum absolute atomic E-state index is 0.0398. The van der Waals surface area contributed by atoms with E-state index in [0.717, 1.165) is 16.9 Å². The molecule has 1 amide bonds. The molecule has 0 spiro atoms. The molecular weight excluding hydrogens is 444 g/mol. The second-order valence-corrected chi connectivity index (χ2v) is 7.35. The molecule has 4 aromatic rings. The number of para-hydroxylation sites is 1. The molecule has 0 unspecified atom stereocenters. The Kier molecular flexibility index (Phi) is 7.22. The van der Waals surface area contributed by atoms with Crippen molar-refractivity contribution in [2.45, 2.75) is 19.6 Å². The maximum Gasteiger partial charge on any atom is 0.387 e. The predicted molar refractivity (Wildman–Crippen MR) is 122 cm³/mol. The van der Waals surface area contributed by atoms with Crippen LogP contribution >= 0.6 is 0 Å². The molecule has 0 atom stereocenters. The molecule has 1 N–H and O–H groups in total. The fourth-order valence-electron chi connectivity index (χ4n) is 3.46. The zero-order chi connectivity index (χ0) is 23.9. The molecule has 0 aliphatic rings. The summed E-state index contributed by atoms with van der Waals surface area (Å²) in [5, 5.41) is 2.86. The third-order valence-corrected chi connectivity index (χ3v) is 5.06. The highest BCUT2D eigenvalue weighted by Gasteiger charge is 2.14. The number of amides is 1. The van der Waals surface area contributed by atoms with Crippen molar-refractivity contribution in [2.75, 3.05) is 13.7 Å². The Morgan fingerprint density at radius 1 is 1.06 bits per heavy atom. The molecule has 176 valence electrons. The molecule has 7 nitrogen and oxygen atoms in total. The number of nitrogens with zero attached hydrogens (tertiary/aromatic N) is 2.